The summed E-state index contributed by atoms with van der Waals surface area (Å²) in [5.74, 6) is -10.2. The van der Waals surface area contributed by atoms with Crippen molar-refractivity contribution in [2.24, 2.45) is 17.4 Å². The van der Waals surface area contributed by atoms with Gasteiger partial charge < -0.3 is 134 Å². The number of carbonyl (C=O) groups excluding carboxylic acids is 9. The number of rotatable bonds is 17. The maximum Gasteiger partial charge on any atom is 0.248 e. The van der Waals surface area contributed by atoms with Gasteiger partial charge in [-0.25, -0.2) is 0 Å². The molecule has 13 rings (SSSR count). The number of fused-ring (bicyclic) bond motifs is 15. The summed E-state index contributed by atoms with van der Waals surface area (Å²) in [6.07, 6.45) is -17.3. The third-order valence-electron chi connectivity index (χ3n) is 20.0. The van der Waals surface area contributed by atoms with Crippen molar-refractivity contribution in [3.05, 3.63) is 147 Å². The third-order valence-corrected chi connectivity index (χ3v) is 20.6. The van der Waals surface area contributed by atoms with E-state index in [9.17, 15) is 69.9 Å². The van der Waals surface area contributed by atoms with Crippen LogP contribution in [0.25, 0.3) is 11.1 Å². The number of nitrogens with two attached hydrogens (primary N) is 2. The lowest BCUT2D eigenvalue weighted by Crippen LogP contribution is -2.64. The second-order valence-corrected chi connectivity index (χ2v) is 30.1. The van der Waals surface area contributed by atoms with E-state index in [-0.39, 0.29) is 46.2 Å². The van der Waals surface area contributed by atoms with Crippen LogP contribution < -0.4 is 73.5 Å². The lowest BCUT2D eigenvalue weighted by Gasteiger charge is -2.47. The molecule has 9 amide bonds. The van der Waals surface area contributed by atoms with Gasteiger partial charge in [-0.15, -0.1) is 0 Å². The van der Waals surface area contributed by atoms with Crippen molar-refractivity contribution in [1.82, 2.24) is 42.5 Å². The van der Waals surface area contributed by atoms with E-state index in [1.807, 2.05) is 20.8 Å². The van der Waals surface area contributed by atoms with Gasteiger partial charge in [-0.2, -0.15) is 0 Å². The molecule has 3 unspecified atom stereocenters. The molecule has 0 saturated carbocycles. The van der Waals surface area contributed by atoms with E-state index in [0.717, 1.165) is 73.2 Å². The van der Waals surface area contributed by atoms with Crippen molar-refractivity contribution in [3.8, 4) is 69.0 Å². The molecule has 0 aromatic heterocycles. The maximum absolute atomic E-state index is 16.3. The Morgan fingerprint density at radius 2 is 1.34 bits per heavy atom. The summed E-state index contributed by atoms with van der Waals surface area (Å²) < 4.78 is 38.6. The fraction of sp³-hybridized carbons (Fsp3) is 0.405. The standard InChI is InChI=1S/C79H89Cl2N11O24/c1-7-8-9-10-35-11-16-40(17-12-35)86-56(98)31-85-73(106)61-43-27-41(94)28-49(96)58(43)42-22-36(13-18-48(42)95)59-74(107)92-63(77(110)90-61)65(100)38-15-20-51(45(81)24-38)113-53-26-39-25-52(68(53)116-78-69(67(102)66(101)54(32-93)114-78)115-57-30-79(5,83)70(103)34(4)111-57)112-50-19-14-37(23-44(50)80)64(99)62(91-71(104)46(84-6)21-33(2)3)76(109)87-47(29-55(82)97)72(105)88-60(39)75(108)89-59/h11-20,22-28,33-34,46-47,54,57,59-67,69-70,78,84,93-96,99-103H,7-8,21,29-32,83H2,1-6H3,(H2,82,97)(H,85,106)(H,86,98)(H,87,109)(H,88,105)(H,89,108)(H,90,110)(H,91,104)(H,92,107)/t34-,46+,47-,54+,57?,59+,60?,61?,62+,63-,64+,65+,66+,67-,69+,70+,78-,79-/m0/s1. The van der Waals surface area contributed by atoms with E-state index in [1.165, 1.54) is 33.0 Å². The van der Waals surface area contributed by atoms with Crippen LogP contribution in [0.3, 0.4) is 0 Å². The van der Waals surface area contributed by atoms with Gasteiger partial charge in [0.05, 0.1) is 47.9 Å². The quantitative estimate of drug-likeness (QED) is 0.0580. The Kier molecular flexibility index (Phi) is 27.0. The maximum atomic E-state index is 16.3. The number of likely N-dealkylation sites (N-methyl/N-ethyl adjacent to an activating group) is 1. The summed E-state index contributed by atoms with van der Waals surface area (Å²) in [6, 6.07) is 5.96. The van der Waals surface area contributed by atoms with Crippen LogP contribution in [0.4, 0.5) is 5.69 Å². The molecule has 0 aliphatic carbocycles. The molecule has 0 radical (unpaired) electrons. The molecule has 22 N–H and O–H groups in total. The van der Waals surface area contributed by atoms with Crippen LogP contribution in [-0.4, -0.2) is 198 Å². The molecular formula is C79H89Cl2N11O24. The number of carbonyl (C=O) groups is 9. The van der Waals surface area contributed by atoms with Crippen LogP contribution in [0.5, 0.6) is 46.0 Å². The number of phenolic OH excluding ortho intramolecular Hbond substituents is 3. The minimum Gasteiger partial charge on any atom is -0.508 e. The zero-order valence-electron chi connectivity index (χ0n) is 63.2. The Balaban J connectivity index is 1.11. The number of hydrogen-bond donors (Lipinski definition) is 20. The molecule has 2 saturated heterocycles. The largest absolute Gasteiger partial charge is 0.508 e. The second kappa shape index (κ2) is 36.5. The van der Waals surface area contributed by atoms with Crippen molar-refractivity contribution in [1.29, 1.82) is 0 Å². The molecule has 116 heavy (non-hydrogen) atoms. The number of aliphatic hydroxyl groups excluding tert-OH is 6. The number of nitrogens with one attached hydrogen (secondary N) is 9. The van der Waals surface area contributed by atoms with Crippen LogP contribution in [0.15, 0.2) is 103 Å². The first-order valence-electron chi connectivity index (χ1n) is 36.9. The lowest BCUT2D eigenvalue weighted by atomic mass is 9.86. The van der Waals surface area contributed by atoms with Gasteiger partial charge >= 0.3 is 0 Å². The fourth-order valence-corrected chi connectivity index (χ4v) is 14.4. The molecule has 6 aromatic carbocycles. The first-order chi connectivity index (χ1) is 55.0. The van der Waals surface area contributed by atoms with Crippen LogP contribution in [0.2, 0.25) is 10.0 Å². The zero-order chi connectivity index (χ0) is 84.0. The van der Waals surface area contributed by atoms with Crippen LogP contribution in [-0.2, 0) is 57.4 Å². The topological polar surface area (TPSA) is 551 Å². The SMILES string of the molecule is CCCC#Cc1ccc(NC(=O)CNC(=O)C2NC(=O)[C@H]3NC(=O)[C@H](NC(=O)C4NC(=O)[C@H](CC(N)=O)NC(=O)[C@H](NC(=O)[C@@H](CC(C)C)NC)[C@H](O)c5ccc(c(Cl)c5)Oc5cc4cc(c5O[C@@H]4O[C@H](CO)[C@@H](O)[C@H](O)[C@H]4OC4C[C@](C)(N)[C@H](O)[C@H](C)O4)Oc4ccc(cc4Cl)[C@H]3O)c3ccc(O)c(c3)-c3c(O)cc(O)cc32)cc1. The number of benzene rings is 6. The van der Waals surface area contributed by atoms with Crippen LogP contribution in [0, 0.1) is 17.8 Å². The predicted molar refractivity (Wildman–Crippen MR) is 412 cm³/mol. The molecule has 18 atom stereocenters. The Labute approximate surface area is 673 Å². The first-order valence-corrected chi connectivity index (χ1v) is 37.7. The van der Waals surface area contributed by atoms with Gasteiger partial charge in [0.1, 0.15) is 95.5 Å². The fourth-order valence-electron chi connectivity index (χ4n) is 13.9. The zero-order valence-corrected chi connectivity index (χ0v) is 64.7. The van der Waals surface area contributed by atoms with E-state index in [2.05, 4.69) is 59.7 Å². The number of amides is 9. The minimum atomic E-state index is -2.37. The molecule has 11 bridgehead atoms. The number of primary amides is 1. The van der Waals surface area contributed by atoms with Gasteiger partial charge in [0.15, 0.2) is 23.9 Å². The van der Waals surface area contributed by atoms with Crippen molar-refractivity contribution < 1.29 is 118 Å². The summed E-state index contributed by atoms with van der Waals surface area (Å²) >= 11 is 14.3. The van der Waals surface area contributed by atoms with Crippen LogP contribution >= 0.6 is 23.2 Å². The third kappa shape index (κ3) is 19.4. The Bertz CT molecular complexity index is 4830. The molecule has 2 fully saturated rings. The van der Waals surface area contributed by atoms with E-state index >= 15 is 19.2 Å². The summed E-state index contributed by atoms with van der Waals surface area (Å²) in [7, 11) is 1.47. The Morgan fingerprint density at radius 1 is 0.716 bits per heavy atom. The Morgan fingerprint density at radius 3 is 1.96 bits per heavy atom. The van der Waals surface area contributed by atoms with Crippen LogP contribution in [0.1, 0.15) is 130 Å². The summed E-state index contributed by atoms with van der Waals surface area (Å²) in [5, 5.41) is 127. The Hall–Kier alpha value is -11.0. The van der Waals surface area contributed by atoms with Gasteiger partial charge in [-0.1, -0.05) is 74.0 Å². The molecule has 0 spiro atoms. The van der Waals surface area contributed by atoms with Gasteiger partial charge in [0.2, 0.25) is 65.2 Å². The average molecular weight is 1650 g/mol. The number of unbranched alkanes of at least 4 members (excludes halogenated alkanes) is 1. The highest BCUT2D eigenvalue weighted by Gasteiger charge is 2.52. The van der Waals surface area contributed by atoms with Crippen molar-refractivity contribution >= 4 is 82.1 Å². The predicted octanol–water partition coefficient (Wildman–Crippen LogP) is 1.93. The molecule has 37 heteroatoms. The average Bonchev–Trinajstić information content (AvgIpc) is 0.764. The second-order valence-electron chi connectivity index (χ2n) is 29.3. The molecule has 7 aliphatic rings. The number of phenols is 3. The first kappa shape index (κ1) is 85.9. The van der Waals surface area contributed by atoms with Gasteiger partial charge in [-0.05, 0) is 146 Å². The monoisotopic (exact) mass is 1650 g/mol. The van der Waals surface area contributed by atoms with E-state index in [1.54, 1.807) is 24.3 Å². The molecule has 6 aromatic rings. The number of ether oxygens (including phenoxy) is 6. The molecule has 618 valence electrons. The van der Waals surface area contributed by atoms with Gasteiger partial charge in [-0.3, -0.25) is 43.2 Å². The number of aromatic hydroxyl groups is 3. The normalized spacial score (nSPS) is 26.9. The number of aliphatic hydroxyl groups is 6. The number of hydrogen-bond acceptors (Lipinski definition) is 26. The smallest absolute Gasteiger partial charge is 0.248 e. The van der Waals surface area contributed by atoms with Gasteiger partial charge in [0.25, 0.3) is 0 Å². The van der Waals surface area contributed by atoms with E-state index in [4.69, 9.17) is 63.1 Å². The molecule has 7 heterocycles. The van der Waals surface area contributed by atoms with Crippen molar-refractivity contribution in [2.75, 3.05) is 25.5 Å². The van der Waals surface area contributed by atoms with E-state index in [0.29, 0.717) is 17.7 Å². The highest BCUT2D eigenvalue weighted by atomic mass is 35.5. The highest BCUT2D eigenvalue weighted by Crippen LogP contribution is 2.50. The minimum absolute atomic E-state index is 0.109. The molecule has 7 aliphatic heterocycles. The van der Waals surface area contributed by atoms with Crippen molar-refractivity contribution in [3.63, 3.8) is 0 Å². The number of anilines is 1. The lowest BCUT2D eigenvalue weighted by molar-refractivity contribution is -0.333. The number of halogens is 2. The van der Waals surface area contributed by atoms with E-state index < -0.39 is 250 Å². The summed E-state index contributed by atoms with van der Waals surface area (Å²) in [6.45, 7) is 6.83. The van der Waals surface area contributed by atoms with Crippen molar-refractivity contribution in [2.45, 2.75) is 176 Å². The molecule has 35 nitrogen and oxygen atoms in total. The summed E-state index contributed by atoms with van der Waals surface area (Å²) in [5.41, 5.74) is 9.11. The highest BCUT2D eigenvalue weighted by molar-refractivity contribution is 6.32. The van der Waals surface area contributed by atoms with Gasteiger partial charge in [0, 0.05) is 46.8 Å². The molecular weight excluding hydrogens is 1560 g/mol. The summed E-state index contributed by atoms with van der Waals surface area (Å²) in [4.78, 5) is 134.